The van der Waals surface area contributed by atoms with Gasteiger partial charge in [0, 0.05) is 13.0 Å². The highest BCUT2D eigenvalue weighted by Gasteiger charge is 2.12. The SMILES string of the molecule is Cc1ccc(NC(=O)CCn2c(-c3cccs3)n[nH]c2=S)c(O)c1. The summed E-state index contributed by atoms with van der Waals surface area (Å²) in [6.07, 6.45) is 0.222. The first kappa shape index (κ1) is 16.4. The zero-order valence-electron chi connectivity index (χ0n) is 12.9. The van der Waals surface area contributed by atoms with Crippen LogP contribution in [-0.4, -0.2) is 25.8 Å². The lowest BCUT2D eigenvalue weighted by atomic mass is 10.2. The molecule has 0 radical (unpaired) electrons. The fourth-order valence-electron chi connectivity index (χ4n) is 2.29. The van der Waals surface area contributed by atoms with Crippen LogP contribution < -0.4 is 5.32 Å². The number of rotatable bonds is 5. The molecule has 1 amide bonds. The molecule has 2 heterocycles. The number of anilines is 1. The van der Waals surface area contributed by atoms with Crippen LogP contribution in [0.25, 0.3) is 10.7 Å². The van der Waals surface area contributed by atoms with Gasteiger partial charge in [-0.3, -0.25) is 14.5 Å². The Morgan fingerprint density at radius 2 is 2.29 bits per heavy atom. The number of phenolic OH excluding ortho intramolecular Hbond substituents is 1. The Hall–Kier alpha value is -2.45. The highest BCUT2D eigenvalue weighted by atomic mass is 32.1. The van der Waals surface area contributed by atoms with Crippen molar-refractivity contribution in [2.45, 2.75) is 19.9 Å². The van der Waals surface area contributed by atoms with Crippen molar-refractivity contribution in [3.05, 3.63) is 46.0 Å². The number of nitrogens with zero attached hydrogens (tertiary/aromatic N) is 2. The van der Waals surface area contributed by atoms with Crippen molar-refractivity contribution in [2.24, 2.45) is 0 Å². The van der Waals surface area contributed by atoms with Crippen LogP contribution in [0.5, 0.6) is 5.75 Å². The predicted molar refractivity (Wildman–Crippen MR) is 96.8 cm³/mol. The lowest BCUT2D eigenvalue weighted by Gasteiger charge is -2.09. The van der Waals surface area contributed by atoms with E-state index in [1.165, 1.54) is 0 Å². The minimum absolute atomic E-state index is 0.0579. The number of H-pyrrole nitrogens is 1. The smallest absolute Gasteiger partial charge is 0.226 e. The molecule has 0 bridgehead atoms. The van der Waals surface area contributed by atoms with Crippen molar-refractivity contribution in [1.29, 1.82) is 0 Å². The Labute approximate surface area is 147 Å². The van der Waals surface area contributed by atoms with Gasteiger partial charge < -0.3 is 10.4 Å². The third kappa shape index (κ3) is 3.55. The maximum absolute atomic E-state index is 12.2. The molecule has 6 nitrogen and oxygen atoms in total. The van der Waals surface area contributed by atoms with E-state index < -0.39 is 0 Å². The first-order chi connectivity index (χ1) is 11.5. The van der Waals surface area contributed by atoms with E-state index in [2.05, 4.69) is 15.5 Å². The Kier molecular flexibility index (Phi) is 4.77. The normalized spacial score (nSPS) is 10.7. The number of carbonyl (C=O) groups excluding carboxylic acids is 1. The number of phenols is 1. The van der Waals surface area contributed by atoms with Gasteiger partial charge in [-0.25, -0.2) is 0 Å². The molecule has 0 atom stereocenters. The number of nitrogens with one attached hydrogen (secondary N) is 2. The quantitative estimate of drug-likeness (QED) is 0.478. The molecule has 1 aromatic carbocycles. The van der Waals surface area contributed by atoms with E-state index in [4.69, 9.17) is 12.2 Å². The number of aromatic amines is 1. The van der Waals surface area contributed by atoms with Crippen LogP contribution in [0.15, 0.2) is 35.7 Å². The Bertz CT molecular complexity index is 913. The van der Waals surface area contributed by atoms with Gasteiger partial charge in [-0.1, -0.05) is 12.1 Å². The predicted octanol–water partition coefficient (Wildman–Crippen LogP) is 3.71. The average molecular weight is 360 g/mol. The van der Waals surface area contributed by atoms with E-state index in [1.807, 2.05) is 30.5 Å². The summed E-state index contributed by atoms with van der Waals surface area (Å²) < 4.78 is 2.28. The lowest BCUT2D eigenvalue weighted by Crippen LogP contribution is -2.15. The summed E-state index contributed by atoms with van der Waals surface area (Å²) in [6.45, 7) is 2.28. The molecule has 0 fully saturated rings. The molecule has 0 spiro atoms. The highest BCUT2D eigenvalue weighted by Crippen LogP contribution is 2.25. The summed E-state index contributed by atoms with van der Waals surface area (Å²) in [5.74, 6) is 0.581. The third-order valence-electron chi connectivity index (χ3n) is 3.49. The van der Waals surface area contributed by atoms with Crippen LogP contribution in [0.1, 0.15) is 12.0 Å². The average Bonchev–Trinajstić information content (AvgIpc) is 3.17. The molecular formula is C16H16N4O2S2. The van der Waals surface area contributed by atoms with Crippen molar-refractivity contribution >= 4 is 35.1 Å². The summed E-state index contributed by atoms with van der Waals surface area (Å²) in [6, 6.07) is 9.02. The molecular weight excluding hydrogens is 344 g/mol. The van der Waals surface area contributed by atoms with Crippen LogP contribution in [0.3, 0.4) is 0 Å². The molecule has 24 heavy (non-hydrogen) atoms. The van der Waals surface area contributed by atoms with Gasteiger partial charge in [0.15, 0.2) is 10.6 Å². The fourth-order valence-corrected chi connectivity index (χ4v) is 3.24. The fraction of sp³-hybridized carbons (Fsp3) is 0.188. The van der Waals surface area contributed by atoms with Crippen molar-refractivity contribution in [2.75, 3.05) is 5.32 Å². The van der Waals surface area contributed by atoms with E-state index in [-0.39, 0.29) is 18.1 Å². The maximum atomic E-state index is 12.2. The second kappa shape index (κ2) is 6.98. The Balaban J connectivity index is 1.69. The molecule has 8 heteroatoms. The van der Waals surface area contributed by atoms with Crippen molar-refractivity contribution in [1.82, 2.24) is 14.8 Å². The maximum Gasteiger partial charge on any atom is 0.226 e. The third-order valence-corrected chi connectivity index (χ3v) is 4.67. The lowest BCUT2D eigenvalue weighted by molar-refractivity contribution is -0.116. The van der Waals surface area contributed by atoms with E-state index >= 15 is 0 Å². The number of aromatic nitrogens is 3. The van der Waals surface area contributed by atoms with Gasteiger partial charge in [-0.15, -0.1) is 11.3 Å². The van der Waals surface area contributed by atoms with Gasteiger partial charge in [0.2, 0.25) is 5.91 Å². The number of benzene rings is 1. The summed E-state index contributed by atoms with van der Waals surface area (Å²) in [5, 5.41) is 21.5. The second-order valence-electron chi connectivity index (χ2n) is 5.30. The van der Waals surface area contributed by atoms with Crippen LogP contribution in [0.4, 0.5) is 5.69 Å². The molecule has 0 aliphatic rings. The van der Waals surface area contributed by atoms with Gasteiger partial charge in [-0.05, 0) is 48.3 Å². The molecule has 3 N–H and O–H groups in total. The Morgan fingerprint density at radius 3 is 3.00 bits per heavy atom. The van der Waals surface area contributed by atoms with Crippen molar-refractivity contribution in [3.63, 3.8) is 0 Å². The standard InChI is InChI=1S/C16H16N4O2S2/c1-10-4-5-11(12(21)9-10)17-14(22)6-7-20-15(18-19-16(20)23)13-3-2-8-24-13/h2-5,8-9,21H,6-7H2,1H3,(H,17,22)(H,19,23). The van der Waals surface area contributed by atoms with E-state index in [1.54, 1.807) is 28.0 Å². The molecule has 0 saturated heterocycles. The molecule has 0 aliphatic carbocycles. The topological polar surface area (TPSA) is 82.9 Å². The van der Waals surface area contributed by atoms with Crippen LogP contribution in [0.2, 0.25) is 0 Å². The first-order valence-corrected chi connectivity index (χ1v) is 8.62. The largest absolute Gasteiger partial charge is 0.506 e. The molecule has 0 saturated carbocycles. The number of aromatic hydroxyl groups is 1. The zero-order valence-corrected chi connectivity index (χ0v) is 14.6. The minimum atomic E-state index is -0.200. The summed E-state index contributed by atoms with van der Waals surface area (Å²) in [4.78, 5) is 13.1. The van der Waals surface area contributed by atoms with Gasteiger partial charge >= 0.3 is 0 Å². The van der Waals surface area contributed by atoms with Crippen LogP contribution in [-0.2, 0) is 11.3 Å². The minimum Gasteiger partial charge on any atom is -0.506 e. The molecule has 3 aromatic rings. The van der Waals surface area contributed by atoms with E-state index in [0.717, 1.165) is 16.3 Å². The highest BCUT2D eigenvalue weighted by molar-refractivity contribution is 7.71. The first-order valence-electron chi connectivity index (χ1n) is 7.33. The van der Waals surface area contributed by atoms with E-state index in [0.29, 0.717) is 17.0 Å². The van der Waals surface area contributed by atoms with Gasteiger partial charge in [-0.2, -0.15) is 5.10 Å². The molecule has 3 rings (SSSR count). The second-order valence-corrected chi connectivity index (χ2v) is 6.63. The number of hydrogen-bond donors (Lipinski definition) is 3. The number of amides is 1. The summed E-state index contributed by atoms with van der Waals surface area (Å²) in [5.41, 5.74) is 1.33. The van der Waals surface area contributed by atoms with Gasteiger partial charge in [0.05, 0.1) is 10.6 Å². The zero-order chi connectivity index (χ0) is 17.1. The molecule has 0 unspecified atom stereocenters. The molecule has 124 valence electrons. The number of hydrogen-bond acceptors (Lipinski definition) is 5. The van der Waals surface area contributed by atoms with Gasteiger partial charge in [0.25, 0.3) is 0 Å². The molecule has 0 aliphatic heterocycles. The Morgan fingerprint density at radius 1 is 1.46 bits per heavy atom. The van der Waals surface area contributed by atoms with Crippen molar-refractivity contribution < 1.29 is 9.90 Å². The van der Waals surface area contributed by atoms with Crippen LogP contribution in [0, 0.1) is 11.7 Å². The van der Waals surface area contributed by atoms with Crippen molar-refractivity contribution in [3.8, 4) is 16.5 Å². The number of thiophene rings is 1. The van der Waals surface area contributed by atoms with E-state index in [9.17, 15) is 9.90 Å². The number of carbonyl (C=O) groups is 1. The number of aryl methyl sites for hydroxylation is 1. The van der Waals surface area contributed by atoms with Gasteiger partial charge in [0.1, 0.15) is 5.75 Å². The monoisotopic (exact) mass is 360 g/mol. The summed E-state index contributed by atoms with van der Waals surface area (Å²) >= 11 is 6.80. The molecule has 2 aromatic heterocycles. The summed E-state index contributed by atoms with van der Waals surface area (Å²) in [7, 11) is 0. The van der Waals surface area contributed by atoms with Crippen LogP contribution >= 0.6 is 23.6 Å².